The summed E-state index contributed by atoms with van der Waals surface area (Å²) in [5, 5.41) is 12.4. The maximum absolute atomic E-state index is 14.0. The molecule has 3 aliphatic heterocycles. The second-order valence-corrected chi connectivity index (χ2v) is 17.3. The number of aromatic nitrogens is 2. The molecule has 4 bridgehead atoms. The van der Waals surface area contributed by atoms with Crippen molar-refractivity contribution in [1.82, 2.24) is 20.0 Å². The molecule has 0 radical (unpaired) electrons. The van der Waals surface area contributed by atoms with Crippen molar-refractivity contribution in [2.45, 2.75) is 159 Å². The molecule has 3 saturated carbocycles. The van der Waals surface area contributed by atoms with Crippen molar-refractivity contribution in [2.24, 2.45) is 17.6 Å². The van der Waals surface area contributed by atoms with Crippen molar-refractivity contribution >= 4 is 29.6 Å². The first-order chi connectivity index (χ1) is 20.3. The van der Waals surface area contributed by atoms with Crippen LogP contribution in [0.2, 0.25) is 5.15 Å². The van der Waals surface area contributed by atoms with E-state index in [0.717, 1.165) is 57.8 Å². The lowest BCUT2D eigenvalue weighted by Gasteiger charge is -2.67. The molecule has 7 rings (SSSR count). The van der Waals surface area contributed by atoms with E-state index in [1.54, 1.807) is 6.07 Å². The Morgan fingerprint density at radius 1 is 1.02 bits per heavy atom. The van der Waals surface area contributed by atoms with E-state index in [9.17, 15) is 9.59 Å². The Labute approximate surface area is 267 Å². The maximum Gasteiger partial charge on any atom is 0.411 e. The minimum Gasteiger partial charge on any atom is -0.444 e. The van der Waals surface area contributed by atoms with Crippen LogP contribution in [-0.4, -0.2) is 77.6 Å². The molecular formula is C33H51ClN6O4. The number of nitrogens with zero attached hydrogens (tertiary/aromatic N) is 4. The summed E-state index contributed by atoms with van der Waals surface area (Å²) in [5.74, 6) is 1.08. The van der Waals surface area contributed by atoms with Gasteiger partial charge in [-0.2, -0.15) is 0 Å². The van der Waals surface area contributed by atoms with E-state index in [-0.39, 0.29) is 52.7 Å². The molecule has 11 heteroatoms. The van der Waals surface area contributed by atoms with E-state index in [1.165, 1.54) is 0 Å². The van der Waals surface area contributed by atoms with E-state index in [0.29, 0.717) is 11.0 Å². The van der Waals surface area contributed by atoms with Gasteiger partial charge in [0.25, 0.3) is 0 Å². The lowest BCUT2D eigenvalue weighted by Crippen LogP contribution is -2.78. The number of amides is 2. The second kappa shape index (κ2) is 10.1. The number of likely N-dealkylation sites (tertiary alicyclic amines) is 1. The number of hydrogen-bond donors (Lipinski definition) is 2. The molecule has 3 aliphatic carbocycles. The van der Waals surface area contributed by atoms with Crippen LogP contribution in [0.5, 0.6) is 0 Å². The van der Waals surface area contributed by atoms with Gasteiger partial charge in [-0.15, -0.1) is 10.2 Å². The van der Waals surface area contributed by atoms with Crippen LogP contribution in [0.25, 0.3) is 0 Å². The zero-order valence-electron chi connectivity index (χ0n) is 27.7. The van der Waals surface area contributed by atoms with Crippen molar-refractivity contribution in [1.29, 1.82) is 0 Å². The number of anilines is 1. The number of rotatable bonds is 5. The number of fused-ring (bicyclic) bond motifs is 5. The third-order valence-corrected chi connectivity index (χ3v) is 11.4. The summed E-state index contributed by atoms with van der Waals surface area (Å²) in [5.41, 5.74) is 4.32. The van der Waals surface area contributed by atoms with Gasteiger partial charge in [-0.25, -0.2) is 9.59 Å². The Balaban J connectivity index is 1.33. The van der Waals surface area contributed by atoms with Crippen molar-refractivity contribution in [3.05, 3.63) is 17.3 Å². The molecular weight excluding hydrogens is 580 g/mol. The Bertz CT molecular complexity index is 1310. The molecule has 2 amide bonds. The van der Waals surface area contributed by atoms with Crippen LogP contribution in [0.15, 0.2) is 12.1 Å². The third kappa shape index (κ3) is 5.12. The number of halogens is 1. The number of nitrogens with one attached hydrogen (secondary N) is 1. The minimum atomic E-state index is -0.607. The summed E-state index contributed by atoms with van der Waals surface area (Å²) >= 11 is 6.02. The highest BCUT2D eigenvalue weighted by Gasteiger charge is 2.81. The number of nitrogens with two attached hydrogens (primary N) is 1. The van der Waals surface area contributed by atoms with Crippen molar-refractivity contribution in [3.63, 3.8) is 0 Å². The summed E-state index contributed by atoms with van der Waals surface area (Å²) in [6.45, 7) is 15.9. The Kier molecular flexibility index (Phi) is 7.25. The third-order valence-electron chi connectivity index (χ3n) is 11.2. The van der Waals surface area contributed by atoms with Gasteiger partial charge in [-0.1, -0.05) is 18.0 Å². The molecule has 3 N–H and O–H groups in total. The van der Waals surface area contributed by atoms with Crippen molar-refractivity contribution in [2.75, 3.05) is 5.32 Å². The summed E-state index contributed by atoms with van der Waals surface area (Å²) in [4.78, 5) is 32.0. The predicted molar refractivity (Wildman–Crippen MR) is 169 cm³/mol. The maximum atomic E-state index is 14.0. The van der Waals surface area contributed by atoms with E-state index < -0.39 is 16.7 Å². The van der Waals surface area contributed by atoms with Crippen LogP contribution in [0.4, 0.5) is 15.4 Å². The normalized spacial score (nSPS) is 39.1. The smallest absolute Gasteiger partial charge is 0.411 e. The molecule has 1 aromatic rings. The summed E-state index contributed by atoms with van der Waals surface area (Å²) in [6.07, 6.45) is 7.17. The van der Waals surface area contributed by atoms with Crippen LogP contribution >= 0.6 is 11.6 Å². The van der Waals surface area contributed by atoms with E-state index in [1.807, 2.05) is 47.6 Å². The summed E-state index contributed by atoms with van der Waals surface area (Å²) in [6, 6.07) is 3.58. The van der Waals surface area contributed by atoms with Crippen molar-refractivity contribution in [3.8, 4) is 0 Å². The van der Waals surface area contributed by atoms with Gasteiger partial charge in [-0.3, -0.25) is 9.80 Å². The molecule has 6 aliphatic rings. The number of carbonyl (C=O) groups is 2. The lowest BCUT2D eigenvalue weighted by molar-refractivity contribution is -0.126. The largest absolute Gasteiger partial charge is 0.444 e. The number of carbonyl (C=O) groups excluding carboxylic acids is 2. The lowest BCUT2D eigenvalue weighted by atomic mass is 9.52. The molecule has 3 saturated heterocycles. The first-order valence-electron chi connectivity index (χ1n) is 16.4. The predicted octanol–water partition coefficient (Wildman–Crippen LogP) is 6.52. The SMILES string of the molecule is CC(C)(C)OC(=O)N1[C@@H](CC[C@@]23C[C@@]4(Nc5ccc(Cl)nn5)C[C@@](C)(CC42)N3C(=O)OC(C)(C)C)C2CCC[C@@]1(C)C[C@@H]2N. The van der Waals surface area contributed by atoms with Crippen LogP contribution < -0.4 is 11.1 Å². The van der Waals surface area contributed by atoms with Gasteiger partial charge in [0, 0.05) is 34.6 Å². The average molecular weight is 631 g/mol. The Morgan fingerprint density at radius 2 is 1.70 bits per heavy atom. The molecule has 1 aromatic heterocycles. The quantitative estimate of drug-likeness (QED) is 0.377. The van der Waals surface area contributed by atoms with Gasteiger partial charge in [0.05, 0.1) is 5.54 Å². The highest BCUT2D eigenvalue weighted by Crippen LogP contribution is 2.73. The minimum absolute atomic E-state index is 0.0221. The zero-order chi connectivity index (χ0) is 32.1. The van der Waals surface area contributed by atoms with Gasteiger partial charge >= 0.3 is 12.2 Å². The highest BCUT2D eigenvalue weighted by molar-refractivity contribution is 6.29. The monoisotopic (exact) mass is 630 g/mol. The number of hydrogen-bond acceptors (Lipinski definition) is 8. The van der Waals surface area contributed by atoms with Gasteiger partial charge in [0.15, 0.2) is 5.15 Å². The van der Waals surface area contributed by atoms with Crippen LogP contribution in [0, 0.1) is 11.8 Å². The van der Waals surface area contributed by atoms with Crippen LogP contribution in [0.1, 0.15) is 113 Å². The second-order valence-electron chi connectivity index (χ2n) is 16.9. The van der Waals surface area contributed by atoms with Gasteiger partial charge in [0.2, 0.25) is 0 Å². The highest BCUT2D eigenvalue weighted by atomic mass is 35.5. The standard InChI is InChI=1S/C33H51ClN6O4/c1-28(2,3)43-26(41)39-22(20-10-9-14-30(39,7)16-21(20)35)13-15-33-19-32(36-25-12-11-24(34)37-38-25)18-31(8,17-23(32)33)40(33)27(42)44-29(4,5)6/h11-12,20-23H,9-10,13-19,35H2,1-8H3,(H,36,38)/t20?,21-,22-,23?,30-,31+,32-,33+/m0/s1. The molecule has 0 aromatic carbocycles. The topological polar surface area (TPSA) is 123 Å². The van der Waals surface area contributed by atoms with Crippen molar-refractivity contribution < 1.29 is 19.1 Å². The molecule has 4 heterocycles. The number of piperidine rings is 3. The molecule has 6 fully saturated rings. The summed E-state index contributed by atoms with van der Waals surface area (Å²) < 4.78 is 12.1. The Morgan fingerprint density at radius 3 is 2.34 bits per heavy atom. The molecule has 8 atom stereocenters. The number of ether oxygens (including phenoxy) is 2. The molecule has 44 heavy (non-hydrogen) atoms. The fourth-order valence-corrected chi connectivity index (χ4v) is 10.3. The van der Waals surface area contributed by atoms with Gasteiger partial charge in [-0.05, 0) is 125 Å². The van der Waals surface area contributed by atoms with Crippen LogP contribution in [-0.2, 0) is 9.47 Å². The molecule has 10 nitrogen and oxygen atoms in total. The molecule has 0 spiro atoms. The fourth-order valence-electron chi connectivity index (χ4n) is 10.2. The van der Waals surface area contributed by atoms with E-state index in [4.69, 9.17) is 26.8 Å². The first kappa shape index (κ1) is 31.6. The Hall–Kier alpha value is -2.33. The van der Waals surface area contributed by atoms with Crippen LogP contribution in [0.3, 0.4) is 0 Å². The fraction of sp³-hybridized carbons (Fsp3) is 0.818. The average Bonchev–Trinajstić information content (AvgIpc) is 3.05. The summed E-state index contributed by atoms with van der Waals surface area (Å²) in [7, 11) is 0. The molecule has 2 unspecified atom stereocenters. The van der Waals surface area contributed by atoms with Gasteiger partial charge < -0.3 is 20.5 Å². The van der Waals surface area contributed by atoms with E-state index in [2.05, 4.69) is 39.2 Å². The molecule has 244 valence electrons. The van der Waals surface area contributed by atoms with E-state index >= 15 is 0 Å². The zero-order valence-corrected chi connectivity index (χ0v) is 28.5. The van der Waals surface area contributed by atoms with Gasteiger partial charge in [0.1, 0.15) is 17.0 Å². The first-order valence-corrected chi connectivity index (χ1v) is 16.8.